The number of benzene rings is 1. The zero-order chi connectivity index (χ0) is 25.8. The summed E-state index contributed by atoms with van der Waals surface area (Å²) in [7, 11) is 4.44. The van der Waals surface area contributed by atoms with Gasteiger partial charge in [-0.25, -0.2) is 14.8 Å². The Balaban J connectivity index is 1.76. The number of phenols is 1. The number of thioether (sulfide) groups is 1. The molecule has 0 bridgehead atoms. The monoisotopic (exact) mass is 524 g/mol. The molecule has 10 heteroatoms. The Labute approximate surface area is 217 Å². The molecule has 0 aliphatic carbocycles. The lowest BCUT2D eigenvalue weighted by Crippen LogP contribution is -2.41. The van der Waals surface area contributed by atoms with Gasteiger partial charge >= 0.3 is 11.8 Å². The van der Waals surface area contributed by atoms with E-state index in [-0.39, 0.29) is 11.3 Å². The maximum absolute atomic E-state index is 11.9. The van der Waals surface area contributed by atoms with Crippen LogP contribution < -0.4 is 14.3 Å². The molecule has 0 fully saturated rings. The van der Waals surface area contributed by atoms with E-state index < -0.39 is 5.97 Å². The topological polar surface area (TPSA) is 94.7 Å². The first-order valence-electron chi connectivity index (χ1n) is 11.0. The van der Waals surface area contributed by atoms with E-state index in [1.165, 1.54) is 7.11 Å². The van der Waals surface area contributed by atoms with Gasteiger partial charge in [0.1, 0.15) is 18.4 Å². The number of esters is 1. The molecular weight excluding hydrogens is 498 g/mol. The SMILES string of the molecule is COC(=O)c1ccc(-c2sc(-c3ccc(OC)[n+](OC)c3)cc2CSc2nc(C)cc(C)n2)cc1O. The Morgan fingerprint density at radius 2 is 1.75 bits per heavy atom. The fraction of sp³-hybridized carbons (Fsp3) is 0.231. The zero-order valence-electron chi connectivity index (χ0n) is 20.6. The highest BCUT2D eigenvalue weighted by Gasteiger charge is 2.20. The van der Waals surface area contributed by atoms with Gasteiger partial charge in [-0.2, -0.15) is 0 Å². The molecule has 0 saturated heterocycles. The number of rotatable bonds is 8. The van der Waals surface area contributed by atoms with Crippen molar-refractivity contribution in [2.45, 2.75) is 24.8 Å². The molecule has 0 atom stereocenters. The molecule has 0 spiro atoms. The molecule has 1 N–H and O–H groups in total. The molecule has 8 nitrogen and oxygen atoms in total. The highest BCUT2D eigenvalue weighted by molar-refractivity contribution is 7.98. The number of hydrogen-bond acceptors (Lipinski definition) is 9. The van der Waals surface area contributed by atoms with E-state index in [2.05, 4.69) is 16.0 Å². The third-order valence-corrected chi connectivity index (χ3v) is 7.53. The van der Waals surface area contributed by atoms with Crippen molar-refractivity contribution >= 4 is 29.1 Å². The third kappa shape index (κ3) is 5.44. The molecule has 0 amide bonds. The van der Waals surface area contributed by atoms with E-state index in [4.69, 9.17) is 14.3 Å². The van der Waals surface area contributed by atoms with E-state index >= 15 is 0 Å². The van der Waals surface area contributed by atoms with Crippen molar-refractivity contribution in [2.75, 3.05) is 21.3 Å². The molecule has 4 rings (SSSR count). The van der Waals surface area contributed by atoms with Crippen LogP contribution in [-0.2, 0) is 10.5 Å². The van der Waals surface area contributed by atoms with Crippen molar-refractivity contribution in [1.29, 1.82) is 0 Å². The molecular formula is C26H26N3O5S2+. The highest BCUT2D eigenvalue weighted by Crippen LogP contribution is 2.41. The largest absolute Gasteiger partial charge is 0.507 e. The first-order valence-corrected chi connectivity index (χ1v) is 12.8. The van der Waals surface area contributed by atoms with Gasteiger partial charge in [0.2, 0.25) is 6.20 Å². The Morgan fingerprint density at radius 1 is 1.03 bits per heavy atom. The number of aromatic hydroxyl groups is 1. The van der Waals surface area contributed by atoms with E-state index in [0.29, 0.717) is 16.8 Å². The first-order chi connectivity index (χ1) is 17.3. The summed E-state index contributed by atoms with van der Waals surface area (Å²) in [6.45, 7) is 3.90. The lowest BCUT2D eigenvalue weighted by atomic mass is 10.1. The van der Waals surface area contributed by atoms with Crippen LogP contribution in [0.25, 0.3) is 20.9 Å². The highest BCUT2D eigenvalue weighted by atomic mass is 32.2. The number of ether oxygens (including phenoxy) is 2. The van der Waals surface area contributed by atoms with Crippen LogP contribution >= 0.6 is 23.1 Å². The summed E-state index contributed by atoms with van der Waals surface area (Å²) >= 11 is 3.12. The van der Waals surface area contributed by atoms with E-state index in [0.717, 1.165) is 37.8 Å². The van der Waals surface area contributed by atoms with Crippen molar-refractivity contribution in [2.24, 2.45) is 0 Å². The summed E-state index contributed by atoms with van der Waals surface area (Å²) in [6, 6.07) is 12.8. The molecule has 186 valence electrons. The number of phenolic OH excluding ortho intramolecular Hbond substituents is 1. The molecule has 3 heterocycles. The fourth-order valence-corrected chi connectivity index (χ4v) is 5.88. The summed E-state index contributed by atoms with van der Waals surface area (Å²) in [5, 5.41) is 11.2. The molecule has 36 heavy (non-hydrogen) atoms. The molecule has 0 aliphatic rings. The third-order valence-electron chi connectivity index (χ3n) is 5.36. The van der Waals surface area contributed by atoms with Gasteiger partial charge in [-0.15, -0.1) is 11.3 Å². The van der Waals surface area contributed by atoms with Crippen molar-refractivity contribution in [3.63, 3.8) is 0 Å². The standard InChI is InChI=1S/C26H25N3O5S2/c1-15-10-16(2)28-26(27-15)35-14-19-12-22(18-7-9-23(32-3)29(13-18)34-5)36-24(19)17-6-8-20(21(30)11-17)25(31)33-4/h6-13H,14H2,1-5H3/p+1. The number of pyridine rings is 1. The number of aromatic nitrogens is 3. The number of hydrogen-bond donors (Lipinski definition) is 1. The van der Waals surface area contributed by atoms with Crippen LogP contribution in [0.3, 0.4) is 0 Å². The van der Waals surface area contributed by atoms with Gasteiger partial charge in [0, 0.05) is 31.6 Å². The van der Waals surface area contributed by atoms with Crippen molar-refractivity contribution in [1.82, 2.24) is 9.97 Å². The molecule has 0 unspecified atom stereocenters. The second kappa shape index (κ2) is 11.0. The second-order valence-electron chi connectivity index (χ2n) is 7.88. The Kier molecular flexibility index (Phi) is 7.76. The van der Waals surface area contributed by atoms with Crippen LogP contribution in [-0.4, -0.2) is 42.4 Å². The maximum Gasteiger partial charge on any atom is 0.416 e. The lowest BCUT2D eigenvalue weighted by molar-refractivity contribution is -0.886. The van der Waals surface area contributed by atoms with Gasteiger partial charge < -0.3 is 14.6 Å². The molecule has 3 aromatic heterocycles. The number of thiophene rings is 1. The van der Waals surface area contributed by atoms with Crippen LogP contribution in [0.1, 0.15) is 27.3 Å². The summed E-state index contributed by atoms with van der Waals surface area (Å²) in [6.07, 6.45) is 1.86. The lowest BCUT2D eigenvalue weighted by Gasteiger charge is -2.07. The van der Waals surface area contributed by atoms with Crippen molar-refractivity contribution < 1.29 is 28.9 Å². The Morgan fingerprint density at radius 3 is 2.39 bits per heavy atom. The average Bonchev–Trinajstić information content (AvgIpc) is 3.30. The molecule has 0 aliphatic heterocycles. The smallest absolute Gasteiger partial charge is 0.416 e. The summed E-state index contributed by atoms with van der Waals surface area (Å²) in [5.74, 6) is 0.474. The van der Waals surface area contributed by atoms with Crippen LogP contribution in [0.15, 0.2) is 53.8 Å². The van der Waals surface area contributed by atoms with Crippen LogP contribution in [0.2, 0.25) is 0 Å². The van der Waals surface area contributed by atoms with Gasteiger partial charge in [-0.05, 0) is 55.3 Å². The molecule has 4 aromatic rings. The normalized spacial score (nSPS) is 10.8. The predicted molar refractivity (Wildman–Crippen MR) is 139 cm³/mol. The number of carbonyl (C=O) groups excluding carboxylic acids is 1. The predicted octanol–water partition coefficient (Wildman–Crippen LogP) is 4.63. The summed E-state index contributed by atoms with van der Waals surface area (Å²) < 4.78 is 11.7. The van der Waals surface area contributed by atoms with E-state index in [1.807, 2.05) is 44.3 Å². The van der Waals surface area contributed by atoms with Crippen molar-refractivity contribution in [3.8, 4) is 32.5 Å². The summed E-state index contributed by atoms with van der Waals surface area (Å²) in [5.41, 5.74) is 4.74. The zero-order valence-corrected chi connectivity index (χ0v) is 22.2. The minimum absolute atomic E-state index is 0.119. The van der Waals surface area contributed by atoms with Crippen molar-refractivity contribution in [3.05, 3.63) is 71.2 Å². The number of nitrogens with zero attached hydrogens (tertiary/aromatic N) is 3. The molecule has 0 radical (unpaired) electrons. The van der Waals surface area contributed by atoms with Gasteiger partial charge in [0.15, 0.2) is 5.16 Å². The Hall–Kier alpha value is -3.63. The van der Waals surface area contributed by atoms with Gasteiger partial charge in [-0.1, -0.05) is 17.8 Å². The number of carbonyl (C=O) groups is 1. The molecule has 0 saturated carbocycles. The molecule has 1 aromatic carbocycles. The van der Waals surface area contributed by atoms with Gasteiger partial charge in [-0.3, -0.25) is 4.84 Å². The number of methoxy groups -OCH3 is 2. The van der Waals surface area contributed by atoms with Crippen LogP contribution in [0, 0.1) is 13.8 Å². The Bertz CT molecular complexity index is 1400. The number of aryl methyl sites for hydroxylation is 2. The minimum Gasteiger partial charge on any atom is -0.507 e. The van der Waals surface area contributed by atoms with Crippen LogP contribution in [0.4, 0.5) is 0 Å². The quantitative estimate of drug-likeness (QED) is 0.154. The van der Waals surface area contributed by atoms with Gasteiger partial charge in [0.05, 0.1) is 25.8 Å². The summed E-state index contributed by atoms with van der Waals surface area (Å²) in [4.78, 5) is 28.4. The van der Waals surface area contributed by atoms with Gasteiger partial charge in [0.25, 0.3) is 0 Å². The average molecular weight is 525 g/mol. The second-order valence-corrected chi connectivity index (χ2v) is 9.87. The minimum atomic E-state index is -0.587. The maximum atomic E-state index is 11.9. The van der Waals surface area contributed by atoms with Crippen LogP contribution in [0.5, 0.6) is 11.6 Å². The van der Waals surface area contributed by atoms with E-state index in [9.17, 15) is 9.90 Å². The fourth-order valence-electron chi connectivity index (χ4n) is 3.69. The first kappa shape index (κ1) is 25.5. The van der Waals surface area contributed by atoms with E-state index in [1.54, 1.807) is 54.2 Å².